The molecule has 0 aliphatic heterocycles. The first kappa shape index (κ1) is 19.6. The molecular weight excluding hydrogens is 328 g/mol. The minimum absolute atomic E-state index is 0.378. The summed E-state index contributed by atoms with van der Waals surface area (Å²) in [4.78, 5) is 11.3. The summed E-state index contributed by atoms with van der Waals surface area (Å²) in [5.74, 6) is 1.09. The van der Waals surface area contributed by atoms with Gasteiger partial charge in [0.05, 0.1) is 20.8 Å². The fourth-order valence-corrected chi connectivity index (χ4v) is 2.62. The van der Waals surface area contributed by atoms with Crippen LogP contribution in [0.4, 0.5) is 0 Å². The third-order valence-electron chi connectivity index (χ3n) is 4.00. The SMILES string of the molecule is CCCCCOc1c(OC)cccc1-c1cccc(/C=C/C(=O)OC)c1. The second-order valence-corrected chi connectivity index (χ2v) is 5.87. The van der Waals surface area contributed by atoms with Crippen LogP contribution in [0, 0.1) is 0 Å². The average Bonchev–Trinajstić information content (AvgIpc) is 2.69. The van der Waals surface area contributed by atoms with Gasteiger partial charge in [-0.3, -0.25) is 0 Å². The Balaban J connectivity index is 2.32. The Morgan fingerprint density at radius 1 is 1.08 bits per heavy atom. The molecule has 0 heterocycles. The first-order valence-corrected chi connectivity index (χ1v) is 8.85. The summed E-state index contributed by atoms with van der Waals surface area (Å²) in [6.07, 6.45) is 6.44. The number of rotatable bonds is 9. The predicted molar refractivity (Wildman–Crippen MR) is 105 cm³/mol. The molecule has 0 atom stereocenters. The number of ether oxygens (including phenoxy) is 3. The van der Waals surface area contributed by atoms with Crippen molar-refractivity contribution in [1.29, 1.82) is 0 Å². The highest BCUT2D eigenvalue weighted by molar-refractivity contribution is 5.87. The first-order chi connectivity index (χ1) is 12.7. The summed E-state index contributed by atoms with van der Waals surface area (Å²) in [7, 11) is 3.01. The molecule has 0 bridgehead atoms. The van der Waals surface area contributed by atoms with E-state index in [0.717, 1.165) is 47.5 Å². The van der Waals surface area contributed by atoms with Crippen LogP contribution in [0.1, 0.15) is 31.7 Å². The van der Waals surface area contributed by atoms with Gasteiger partial charge in [0, 0.05) is 11.6 Å². The van der Waals surface area contributed by atoms with Gasteiger partial charge >= 0.3 is 5.97 Å². The van der Waals surface area contributed by atoms with Crippen LogP contribution in [0.15, 0.2) is 48.5 Å². The van der Waals surface area contributed by atoms with E-state index in [1.54, 1.807) is 13.2 Å². The van der Waals surface area contributed by atoms with E-state index in [9.17, 15) is 4.79 Å². The molecule has 2 aromatic carbocycles. The molecule has 0 amide bonds. The van der Waals surface area contributed by atoms with E-state index < -0.39 is 0 Å². The van der Waals surface area contributed by atoms with Crippen LogP contribution in [-0.2, 0) is 9.53 Å². The maximum absolute atomic E-state index is 11.3. The lowest BCUT2D eigenvalue weighted by Crippen LogP contribution is -2.01. The second-order valence-electron chi connectivity index (χ2n) is 5.87. The van der Waals surface area contributed by atoms with Crippen LogP contribution >= 0.6 is 0 Å². The molecule has 0 saturated carbocycles. The Morgan fingerprint density at radius 3 is 2.62 bits per heavy atom. The van der Waals surface area contributed by atoms with Crippen LogP contribution < -0.4 is 9.47 Å². The van der Waals surface area contributed by atoms with Gasteiger partial charge in [-0.05, 0) is 35.8 Å². The molecule has 0 radical (unpaired) electrons. The first-order valence-electron chi connectivity index (χ1n) is 8.85. The van der Waals surface area contributed by atoms with Crippen molar-refractivity contribution in [2.24, 2.45) is 0 Å². The van der Waals surface area contributed by atoms with Crippen molar-refractivity contribution in [3.05, 3.63) is 54.1 Å². The summed E-state index contributed by atoms with van der Waals surface area (Å²) in [5, 5.41) is 0. The fourth-order valence-electron chi connectivity index (χ4n) is 2.62. The van der Waals surface area contributed by atoms with E-state index in [2.05, 4.69) is 11.7 Å². The van der Waals surface area contributed by atoms with Gasteiger partial charge in [0.2, 0.25) is 0 Å². The molecule has 0 unspecified atom stereocenters. The number of benzene rings is 2. The standard InChI is InChI=1S/C22H26O4/c1-4-5-6-15-26-22-19(11-8-12-20(22)24-2)18-10-7-9-17(16-18)13-14-21(23)25-3/h7-14,16H,4-6,15H2,1-3H3/b14-13+. The zero-order valence-electron chi connectivity index (χ0n) is 15.7. The lowest BCUT2D eigenvalue weighted by molar-refractivity contribution is -0.134. The van der Waals surface area contributed by atoms with Crippen LogP contribution in [0.5, 0.6) is 11.5 Å². The minimum Gasteiger partial charge on any atom is -0.493 e. The van der Waals surface area contributed by atoms with Gasteiger partial charge in [-0.25, -0.2) is 4.79 Å². The molecule has 2 rings (SSSR count). The van der Waals surface area contributed by atoms with Crippen molar-refractivity contribution in [2.75, 3.05) is 20.8 Å². The highest BCUT2D eigenvalue weighted by atomic mass is 16.5. The van der Waals surface area contributed by atoms with Gasteiger partial charge in [-0.15, -0.1) is 0 Å². The highest BCUT2D eigenvalue weighted by Gasteiger charge is 2.12. The summed E-state index contributed by atoms with van der Waals surface area (Å²) in [6.45, 7) is 2.82. The van der Waals surface area contributed by atoms with Crippen LogP contribution in [0.25, 0.3) is 17.2 Å². The van der Waals surface area contributed by atoms with Gasteiger partial charge in [-0.2, -0.15) is 0 Å². The molecule has 0 N–H and O–H groups in total. The molecule has 0 saturated heterocycles. The van der Waals surface area contributed by atoms with Crippen molar-refractivity contribution < 1.29 is 19.0 Å². The normalized spacial score (nSPS) is 10.7. The predicted octanol–water partition coefficient (Wildman–Crippen LogP) is 5.12. The molecule has 138 valence electrons. The van der Waals surface area contributed by atoms with Gasteiger partial charge in [0.1, 0.15) is 0 Å². The monoisotopic (exact) mass is 354 g/mol. The molecule has 0 fully saturated rings. The lowest BCUT2D eigenvalue weighted by Gasteiger charge is -2.15. The Labute approximate surface area is 155 Å². The van der Waals surface area contributed by atoms with Gasteiger partial charge < -0.3 is 14.2 Å². The van der Waals surface area contributed by atoms with E-state index >= 15 is 0 Å². The Morgan fingerprint density at radius 2 is 1.88 bits per heavy atom. The molecule has 0 spiro atoms. The van der Waals surface area contributed by atoms with Gasteiger partial charge in [-0.1, -0.05) is 50.1 Å². The molecule has 0 aliphatic carbocycles. The fraction of sp³-hybridized carbons (Fsp3) is 0.318. The zero-order chi connectivity index (χ0) is 18.8. The quantitative estimate of drug-likeness (QED) is 0.356. The number of unbranched alkanes of at least 4 members (excludes halogenated alkanes) is 2. The molecule has 4 heteroatoms. The summed E-state index contributed by atoms with van der Waals surface area (Å²) in [5.41, 5.74) is 2.88. The summed E-state index contributed by atoms with van der Waals surface area (Å²) in [6, 6.07) is 13.8. The van der Waals surface area contributed by atoms with E-state index in [1.165, 1.54) is 13.2 Å². The summed E-state index contributed by atoms with van der Waals surface area (Å²) < 4.78 is 16.2. The topological polar surface area (TPSA) is 44.8 Å². The van der Waals surface area contributed by atoms with Crippen LogP contribution in [-0.4, -0.2) is 26.8 Å². The van der Waals surface area contributed by atoms with Crippen molar-refractivity contribution in [1.82, 2.24) is 0 Å². The Hall–Kier alpha value is -2.75. The van der Waals surface area contributed by atoms with E-state index in [-0.39, 0.29) is 5.97 Å². The van der Waals surface area contributed by atoms with Crippen molar-refractivity contribution in [3.63, 3.8) is 0 Å². The maximum atomic E-state index is 11.3. The molecule has 2 aromatic rings. The van der Waals surface area contributed by atoms with Crippen molar-refractivity contribution in [3.8, 4) is 22.6 Å². The van der Waals surface area contributed by atoms with E-state index in [4.69, 9.17) is 9.47 Å². The zero-order valence-corrected chi connectivity index (χ0v) is 15.7. The maximum Gasteiger partial charge on any atom is 0.330 e. The van der Waals surface area contributed by atoms with E-state index in [0.29, 0.717) is 6.61 Å². The number of para-hydroxylation sites is 1. The van der Waals surface area contributed by atoms with Crippen molar-refractivity contribution in [2.45, 2.75) is 26.2 Å². The molecular formula is C22H26O4. The second kappa shape index (κ2) is 10.3. The molecule has 26 heavy (non-hydrogen) atoms. The summed E-state index contributed by atoms with van der Waals surface area (Å²) >= 11 is 0. The minimum atomic E-state index is -0.378. The number of hydrogen-bond donors (Lipinski definition) is 0. The average molecular weight is 354 g/mol. The molecule has 0 aromatic heterocycles. The number of carbonyl (C=O) groups excluding carboxylic acids is 1. The van der Waals surface area contributed by atoms with Crippen molar-refractivity contribution >= 4 is 12.0 Å². The third kappa shape index (κ3) is 5.38. The number of methoxy groups -OCH3 is 2. The van der Waals surface area contributed by atoms with Crippen LogP contribution in [0.3, 0.4) is 0 Å². The number of hydrogen-bond acceptors (Lipinski definition) is 4. The lowest BCUT2D eigenvalue weighted by atomic mass is 10.0. The van der Waals surface area contributed by atoms with Gasteiger partial charge in [0.25, 0.3) is 0 Å². The van der Waals surface area contributed by atoms with Gasteiger partial charge in [0.15, 0.2) is 11.5 Å². The Kier molecular flexibility index (Phi) is 7.75. The smallest absolute Gasteiger partial charge is 0.330 e. The number of esters is 1. The van der Waals surface area contributed by atoms with E-state index in [1.807, 2.05) is 42.5 Å². The largest absolute Gasteiger partial charge is 0.493 e. The number of carbonyl (C=O) groups is 1. The molecule has 0 aliphatic rings. The molecule has 4 nitrogen and oxygen atoms in total. The van der Waals surface area contributed by atoms with Crippen LogP contribution in [0.2, 0.25) is 0 Å². The third-order valence-corrected chi connectivity index (χ3v) is 4.00. The highest BCUT2D eigenvalue weighted by Crippen LogP contribution is 2.38. The Bertz CT molecular complexity index is 750.